The van der Waals surface area contributed by atoms with Crippen molar-refractivity contribution in [1.29, 1.82) is 0 Å². The highest BCUT2D eigenvalue weighted by Gasteiger charge is 2.23. The first-order valence-electron chi connectivity index (χ1n) is 4.26. The Labute approximate surface area is 70.2 Å². The maximum absolute atomic E-state index is 5.16. The Bertz CT molecular complexity index is 414. The second-order valence-electron chi connectivity index (χ2n) is 3.35. The lowest BCUT2D eigenvalue weighted by atomic mass is 10.1. The van der Waals surface area contributed by atoms with Crippen molar-refractivity contribution in [2.24, 2.45) is 0 Å². The standard InChI is InChI=1S/C10H9NO/c1-2-7(1)8-3-4-10-9(5-8)11-6-12-10/h3-7H,1-2H2. The predicted octanol–water partition coefficient (Wildman–Crippen LogP) is 2.71. The van der Waals surface area contributed by atoms with Gasteiger partial charge in [0, 0.05) is 0 Å². The Morgan fingerprint density at radius 2 is 2.25 bits per heavy atom. The van der Waals surface area contributed by atoms with Gasteiger partial charge in [-0.15, -0.1) is 0 Å². The van der Waals surface area contributed by atoms with Crippen LogP contribution in [-0.2, 0) is 0 Å². The highest BCUT2D eigenvalue weighted by molar-refractivity contribution is 5.73. The molecule has 0 N–H and O–H groups in total. The Morgan fingerprint density at radius 3 is 3.08 bits per heavy atom. The van der Waals surface area contributed by atoms with Crippen LogP contribution in [0.4, 0.5) is 0 Å². The fourth-order valence-electron chi connectivity index (χ4n) is 1.55. The molecule has 1 aliphatic carbocycles. The van der Waals surface area contributed by atoms with Crippen LogP contribution in [-0.4, -0.2) is 4.98 Å². The molecule has 0 spiro atoms. The summed E-state index contributed by atoms with van der Waals surface area (Å²) >= 11 is 0. The molecule has 1 aromatic carbocycles. The van der Waals surface area contributed by atoms with E-state index < -0.39 is 0 Å². The Kier molecular flexibility index (Phi) is 1.09. The van der Waals surface area contributed by atoms with Crippen molar-refractivity contribution in [3.8, 4) is 0 Å². The van der Waals surface area contributed by atoms with E-state index in [9.17, 15) is 0 Å². The third kappa shape index (κ3) is 0.843. The van der Waals surface area contributed by atoms with Crippen molar-refractivity contribution in [3.63, 3.8) is 0 Å². The van der Waals surface area contributed by atoms with Crippen LogP contribution in [0, 0.1) is 0 Å². The summed E-state index contributed by atoms with van der Waals surface area (Å²) in [6.07, 6.45) is 4.17. The minimum absolute atomic E-state index is 0.797. The summed E-state index contributed by atoms with van der Waals surface area (Å²) in [5.74, 6) is 0.797. The van der Waals surface area contributed by atoms with Crippen molar-refractivity contribution in [3.05, 3.63) is 30.2 Å². The zero-order valence-corrected chi connectivity index (χ0v) is 6.66. The zero-order valence-electron chi connectivity index (χ0n) is 6.66. The lowest BCUT2D eigenvalue weighted by molar-refractivity contribution is 0.602. The molecule has 0 radical (unpaired) electrons. The minimum atomic E-state index is 0.797. The molecule has 1 aliphatic rings. The topological polar surface area (TPSA) is 26.0 Å². The van der Waals surface area contributed by atoms with E-state index in [0.717, 1.165) is 17.0 Å². The zero-order chi connectivity index (χ0) is 7.97. The average molecular weight is 159 g/mol. The second-order valence-corrected chi connectivity index (χ2v) is 3.35. The fourth-order valence-corrected chi connectivity index (χ4v) is 1.55. The van der Waals surface area contributed by atoms with Gasteiger partial charge in [0.25, 0.3) is 0 Å². The maximum atomic E-state index is 5.16. The Hall–Kier alpha value is -1.31. The van der Waals surface area contributed by atoms with Gasteiger partial charge < -0.3 is 4.42 Å². The SMILES string of the molecule is c1nc2cc(C3CC3)ccc2o1. The number of oxazole rings is 1. The summed E-state index contributed by atoms with van der Waals surface area (Å²) in [5, 5.41) is 0. The van der Waals surface area contributed by atoms with Crippen molar-refractivity contribution in [2.45, 2.75) is 18.8 Å². The summed E-state index contributed by atoms with van der Waals surface area (Å²) in [7, 11) is 0. The molecule has 0 amide bonds. The molecule has 0 aliphatic heterocycles. The highest BCUT2D eigenvalue weighted by atomic mass is 16.3. The van der Waals surface area contributed by atoms with E-state index in [0.29, 0.717) is 0 Å². The van der Waals surface area contributed by atoms with E-state index in [1.807, 2.05) is 6.07 Å². The van der Waals surface area contributed by atoms with Gasteiger partial charge in [-0.25, -0.2) is 4.98 Å². The van der Waals surface area contributed by atoms with E-state index in [4.69, 9.17) is 4.42 Å². The molecule has 1 saturated carbocycles. The molecule has 0 unspecified atom stereocenters. The summed E-state index contributed by atoms with van der Waals surface area (Å²) < 4.78 is 5.16. The molecule has 1 fully saturated rings. The molecule has 12 heavy (non-hydrogen) atoms. The summed E-state index contributed by atoms with van der Waals surface area (Å²) in [4.78, 5) is 4.12. The first-order valence-corrected chi connectivity index (χ1v) is 4.26. The van der Waals surface area contributed by atoms with Crippen molar-refractivity contribution >= 4 is 11.1 Å². The molecule has 0 bridgehead atoms. The number of rotatable bonds is 1. The molecule has 2 nitrogen and oxygen atoms in total. The van der Waals surface area contributed by atoms with Crippen LogP contribution in [0.5, 0.6) is 0 Å². The number of fused-ring (bicyclic) bond motifs is 1. The molecule has 0 saturated heterocycles. The molecule has 2 aromatic rings. The molecular formula is C10H9NO. The van der Waals surface area contributed by atoms with Gasteiger partial charge in [-0.1, -0.05) is 6.07 Å². The summed E-state index contributed by atoms with van der Waals surface area (Å²) in [6.45, 7) is 0. The van der Waals surface area contributed by atoms with Crippen LogP contribution in [0.3, 0.4) is 0 Å². The molecule has 1 aromatic heterocycles. The lowest BCUT2D eigenvalue weighted by Gasteiger charge is -1.94. The van der Waals surface area contributed by atoms with Gasteiger partial charge in [0.05, 0.1) is 0 Å². The van der Waals surface area contributed by atoms with Crippen molar-refractivity contribution in [1.82, 2.24) is 4.98 Å². The lowest BCUT2D eigenvalue weighted by Crippen LogP contribution is -1.77. The highest BCUT2D eigenvalue weighted by Crippen LogP contribution is 2.40. The quantitative estimate of drug-likeness (QED) is 0.639. The molecule has 0 atom stereocenters. The first kappa shape index (κ1) is 6.23. The van der Waals surface area contributed by atoms with Crippen LogP contribution in [0.25, 0.3) is 11.1 Å². The summed E-state index contributed by atoms with van der Waals surface area (Å²) in [6, 6.07) is 6.29. The van der Waals surface area contributed by atoms with E-state index in [-0.39, 0.29) is 0 Å². The summed E-state index contributed by atoms with van der Waals surface area (Å²) in [5.41, 5.74) is 3.29. The molecule has 3 rings (SSSR count). The van der Waals surface area contributed by atoms with Gasteiger partial charge >= 0.3 is 0 Å². The second kappa shape index (κ2) is 2.09. The number of hydrogen-bond acceptors (Lipinski definition) is 2. The monoisotopic (exact) mass is 159 g/mol. The van der Waals surface area contributed by atoms with Gasteiger partial charge in [-0.3, -0.25) is 0 Å². The van der Waals surface area contributed by atoms with Crippen LogP contribution in [0.2, 0.25) is 0 Å². The van der Waals surface area contributed by atoms with Crippen molar-refractivity contribution in [2.75, 3.05) is 0 Å². The van der Waals surface area contributed by atoms with Crippen LogP contribution in [0.15, 0.2) is 29.0 Å². The van der Waals surface area contributed by atoms with Gasteiger partial charge in [-0.2, -0.15) is 0 Å². The fraction of sp³-hybridized carbons (Fsp3) is 0.300. The van der Waals surface area contributed by atoms with Gasteiger partial charge in [0.1, 0.15) is 5.52 Å². The molecule has 1 heterocycles. The smallest absolute Gasteiger partial charge is 0.181 e. The largest absolute Gasteiger partial charge is 0.443 e. The van der Waals surface area contributed by atoms with Gasteiger partial charge in [0.15, 0.2) is 12.0 Å². The number of nitrogens with zero attached hydrogens (tertiary/aromatic N) is 1. The van der Waals surface area contributed by atoms with Crippen molar-refractivity contribution < 1.29 is 4.42 Å². The number of benzene rings is 1. The third-order valence-electron chi connectivity index (χ3n) is 2.40. The number of hydrogen-bond donors (Lipinski definition) is 0. The van der Waals surface area contributed by atoms with Gasteiger partial charge in [0.2, 0.25) is 0 Å². The molecule has 2 heteroatoms. The normalized spacial score (nSPS) is 17.0. The molecular weight excluding hydrogens is 150 g/mol. The van der Waals surface area contributed by atoms with Gasteiger partial charge in [-0.05, 0) is 36.5 Å². The first-order chi connectivity index (χ1) is 5.93. The third-order valence-corrected chi connectivity index (χ3v) is 2.40. The van der Waals surface area contributed by atoms with Crippen LogP contribution in [0.1, 0.15) is 24.3 Å². The van der Waals surface area contributed by atoms with E-state index in [1.165, 1.54) is 24.8 Å². The number of aromatic nitrogens is 1. The van der Waals surface area contributed by atoms with E-state index in [2.05, 4.69) is 17.1 Å². The molecule has 60 valence electrons. The average Bonchev–Trinajstić information content (AvgIpc) is 2.84. The minimum Gasteiger partial charge on any atom is -0.443 e. The Morgan fingerprint density at radius 1 is 1.33 bits per heavy atom. The Balaban J connectivity index is 2.21. The van der Waals surface area contributed by atoms with E-state index in [1.54, 1.807) is 0 Å². The van der Waals surface area contributed by atoms with E-state index >= 15 is 0 Å². The predicted molar refractivity (Wildman–Crippen MR) is 46.0 cm³/mol. The maximum Gasteiger partial charge on any atom is 0.181 e. The van der Waals surface area contributed by atoms with Crippen LogP contribution < -0.4 is 0 Å². The van der Waals surface area contributed by atoms with Crippen LogP contribution >= 0.6 is 0 Å².